The normalized spacial score (nSPS) is 35.4. The molecule has 6 heteroatoms. The third-order valence-corrected chi connectivity index (χ3v) is 5.63. The maximum Gasteiger partial charge on any atom is 0.223 e. The molecule has 0 radical (unpaired) electrons. The van der Waals surface area contributed by atoms with Gasteiger partial charge in [0.2, 0.25) is 5.91 Å². The Morgan fingerprint density at radius 2 is 2.04 bits per heavy atom. The lowest BCUT2D eigenvalue weighted by Crippen LogP contribution is -2.56. The van der Waals surface area contributed by atoms with Crippen molar-refractivity contribution in [1.29, 1.82) is 0 Å². The van der Waals surface area contributed by atoms with Crippen LogP contribution in [0.2, 0.25) is 0 Å². The number of hydrogen-bond donors (Lipinski definition) is 1. The molecule has 1 unspecified atom stereocenters. The van der Waals surface area contributed by atoms with Gasteiger partial charge in [-0.1, -0.05) is 30.3 Å². The molecule has 26 heavy (non-hydrogen) atoms. The molecule has 3 heterocycles. The first kappa shape index (κ1) is 17.9. The van der Waals surface area contributed by atoms with Crippen molar-refractivity contribution in [3.05, 3.63) is 35.9 Å². The molecule has 4 rings (SSSR count). The molecular weight excluding hydrogens is 334 g/mol. The van der Waals surface area contributed by atoms with E-state index >= 15 is 0 Å². The quantitative estimate of drug-likeness (QED) is 0.809. The zero-order chi connectivity index (χ0) is 18.3. The molecule has 142 valence electrons. The summed E-state index contributed by atoms with van der Waals surface area (Å²) in [5, 5.41) is 10.9. The molecule has 1 N–H and O–H groups in total. The largest absolute Gasteiger partial charge is 0.391 e. The van der Waals surface area contributed by atoms with Gasteiger partial charge in [0.15, 0.2) is 5.79 Å². The lowest BCUT2D eigenvalue weighted by molar-refractivity contribution is -0.181. The minimum atomic E-state index is -0.657. The van der Waals surface area contributed by atoms with Crippen LogP contribution in [0.1, 0.15) is 32.3 Å². The Kier molecular flexibility index (Phi) is 4.77. The van der Waals surface area contributed by atoms with E-state index in [1.807, 2.05) is 44.2 Å². The summed E-state index contributed by atoms with van der Waals surface area (Å²) in [4.78, 5) is 14.3. The minimum absolute atomic E-state index is 0.0766. The number of rotatable bonds is 5. The Bertz CT molecular complexity index is 649. The molecule has 3 aliphatic rings. The molecule has 6 nitrogen and oxygen atoms in total. The Hall–Kier alpha value is -1.47. The number of piperidine rings is 1. The van der Waals surface area contributed by atoms with Gasteiger partial charge < -0.3 is 24.2 Å². The van der Waals surface area contributed by atoms with Crippen molar-refractivity contribution < 1.29 is 24.1 Å². The van der Waals surface area contributed by atoms with Crippen LogP contribution >= 0.6 is 0 Å². The monoisotopic (exact) mass is 361 g/mol. The highest BCUT2D eigenvalue weighted by atomic mass is 16.8. The summed E-state index contributed by atoms with van der Waals surface area (Å²) in [6.45, 7) is 5.33. The summed E-state index contributed by atoms with van der Waals surface area (Å²) >= 11 is 0. The second-order valence-electron chi connectivity index (χ2n) is 7.96. The van der Waals surface area contributed by atoms with E-state index in [-0.39, 0.29) is 30.1 Å². The average molecular weight is 361 g/mol. The topological polar surface area (TPSA) is 68.2 Å². The maximum absolute atomic E-state index is 12.5. The predicted octanol–water partition coefficient (Wildman–Crippen LogP) is 1.70. The second kappa shape index (κ2) is 6.93. The number of ether oxygens (including phenoxy) is 3. The van der Waals surface area contributed by atoms with Gasteiger partial charge in [0.05, 0.1) is 25.3 Å². The lowest BCUT2D eigenvalue weighted by atomic mass is 9.84. The van der Waals surface area contributed by atoms with E-state index in [1.165, 1.54) is 0 Å². The van der Waals surface area contributed by atoms with Crippen LogP contribution in [0.25, 0.3) is 0 Å². The van der Waals surface area contributed by atoms with E-state index < -0.39 is 11.9 Å². The molecule has 1 amide bonds. The number of aliphatic hydroxyl groups excluding tert-OH is 1. The summed E-state index contributed by atoms with van der Waals surface area (Å²) in [7, 11) is 0. The molecule has 0 aliphatic carbocycles. The van der Waals surface area contributed by atoms with Crippen LogP contribution in [0.4, 0.5) is 0 Å². The van der Waals surface area contributed by atoms with E-state index in [1.54, 1.807) is 4.90 Å². The van der Waals surface area contributed by atoms with Crippen molar-refractivity contribution in [3.63, 3.8) is 0 Å². The zero-order valence-electron chi connectivity index (χ0n) is 15.3. The molecule has 3 aliphatic heterocycles. The smallest absolute Gasteiger partial charge is 0.223 e. The SMILES string of the molecule is CC1(C)OC2CN3C(=O)C[C@@H](CCOCc4ccccc4)[C@H](O)[C@H]3[C@@H]2O1. The van der Waals surface area contributed by atoms with Crippen LogP contribution in [-0.2, 0) is 25.6 Å². The van der Waals surface area contributed by atoms with Gasteiger partial charge in [0.1, 0.15) is 12.2 Å². The van der Waals surface area contributed by atoms with Gasteiger partial charge in [-0.05, 0) is 31.7 Å². The molecule has 5 atom stereocenters. The third-order valence-electron chi connectivity index (χ3n) is 5.63. The van der Waals surface area contributed by atoms with Crippen molar-refractivity contribution >= 4 is 5.91 Å². The Labute approximate surface area is 154 Å². The van der Waals surface area contributed by atoms with E-state index in [9.17, 15) is 9.90 Å². The van der Waals surface area contributed by atoms with Gasteiger partial charge in [-0.3, -0.25) is 4.79 Å². The predicted molar refractivity (Wildman–Crippen MR) is 94.2 cm³/mol. The highest BCUT2D eigenvalue weighted by molar-refractivity contribution is 5.78. The van der Waals surface area contributed by atoms with Gasteiger partial charge in [0.25, 0.3) is 0 Å². The number of amides is 1. The molecule has 0 spiro atoms. The van der Waals surface area contributed by atoms with Crippen molar-refractivity contribution in [2.75, 3.05) is 13.2 Å². The summed E-state index contributed by atoms with van der Waals surface area (Å²) in [5.41, 5.74) is 1.12. The number of fused-ring (bicyclic) bond motifs is 3. The number of aliphatic hydroxyl groups is 1. The van der Waals surface area contributed by atoms with E-state index in [0.717, 1.165) is 5.56 Å². The first-order valence-corrected chi connectivity index (χ1v) is 9.39. The van der Waals surface area contributed by atoms with Gasteiger partial charge in [-0.15, -0.1) is 0 Å². The van der Waals surface area contributed by atoms with Crippen LogP contribution in [0.3, 0.4) is 0 Å². The summed E-state index contributed by atoms with van der Waals surface area (Å²) in [5.74, 6) is -0.686. The Morgan fingerprint density at radius 3 is 2.81 bits per heavy atom. The fourth-order valence-electron chi connectivity index (χ4n) is 4.45. The number of nitrogens with zero attached hydrogens (tertiary/aromatic N) is 1. The van der Waals surface area contributed by atoms with Crippen LogP contribution in [0.5, 0.6) is 0 Å². The highest BCUT2D eigenvalue weighted by Gasteiger charge is 2.58. The van der Waals surface area contributed by atoms with E-state index in [2.05, 4.69) is 0 Å². The molecule has 1 aromatic rings. The average Bonchev–Trinajstić information content (AvgIpc) is 3.09. The van der Waals surface area contributed by atoms with Crippen molar-refractivity contribution in [1.82, 2.24) is 4.90 Å². The van der Waals surface area contributed by atoms with Gasteiger partial charge in [-0.2, -0.15) is 0 Å². The van der Waals surface area contributed by atoms with Gasteiger partial charge >= 0.3 is 0 Å². The van der Waals surface area contributed by atoms with Gasteiger partial charge in [-0.25, -0.2) is 0 Å². The fourth-order valence-corrected chi connectivity index (χ4v) is 4.45. The first-order chi connectivity index (χ1) is 12.4. The lowest BCUT2D eigenvalue weighted by Gasteiger charge is -2.41. The Morgan fingerprint density at radius 1 is 1.27 bits per heavy atom. The van der Waals surface area contributed by atoms with Crippen LogP contribution in [0.15, 0.2) is 30.3 Å². The van der Waals surface area contributed by atoms with E-state index in [4.69, 9.17) is 14.2 Å². The number of benzene rings is 1. The number of carbonyl (C=O) groups is 1. The molecule has 3 fully saturated rings. The van der Waals surface area contributed by atoms with E-state index in [0.29, 0.717) is 32.6 Å². The molecular formula is C20H27NO5. The third kappa shape index (κ3) is 3.39. The minimum Gasteiger partial charge on any atom is -0.391 e. The van der Waals surface area contributed by atoms with Crippen LogP contribution in [-0.4, -0.2) is 59.2 Å². The first-order valence-electron chi connectivity index (χ1n) is 9.39. The number of hydrogen-bond acceptors (Lipinski definition) is 5. The van der Waals surface area contributed by atoms with Crippen molar-refractivity contribution in [2.45, 2.75) is 63.4 Å². The standard InChI is InChI=1S/C20H27NO5/c1-20(2)25-15-11-21-16(22)10-14(18(23)17(21)19(15)26-20)8-9-24-12-13-6-4-3-5-7-13/h3-7,14-15,17-19,23H,8-12H2,1-2H3/t14-,15?,17+,18+,19-/m1/s1. The maximum atomic E-state index is 12.5. The van der Waals surface area contributed by atoms with Crippen molar-refractivity contribution in [3.8, 4) is 0 Å². The number of carbonyl (C=O) groups excluding carboxylic acids is 1. The molecule has 0 bridgehead atoms. The Balaban J connectivity index is 1.34. The molecule has 1 aromatic carbocycles. The second-order valence-corrected chi connectivity index (χ2v) is 7.96. The zero-order valence-corrected chi connectivity index (χ0v) is 15.3. The van der Waals surface area contributed by atoms with Crippen LogP contribution < -0.4 is 0 Å². The van der Waals surface area contributed by atoms with Crippen molar-refractivity contribution in [2.24, 2.45) is 5.92 Å². The fraction of sp³-hybridized carbons (Fsp3) is 0.650. The summed E-state index contributed by atoms with van der Waals surface area (Å²) < 4.78 is 17.6. The molecule has 0 saturated carbocycles. The summed E-state index contributed by atoms with van der Waals surface area (Å²) in [6, 6.07) is 9.67. The molecule has 0 aromatic heterocycles. The van der Waals surface area contributed by atoms with Gasteiger partial charge in [0, 0.05) is 13.0 Å². The highest BCUT2D eigenvalue weighted by Crippen LogP contribution is 2.42. The summed E-state index contributed by atoms with van der Waals surface area (Å²) in [6.07, 6.45) is 0.000159. The van der Waals surface area contributed by atoms with Crippen LogP contribution in [0, 0.1) is 5.92 Å². The molecule has 3 saturated heterocycles.